The van der Waals surface area contributed by atoms with Crippen molar-refractivity contribution in [1.29, 1.82) is 0 Å². The summed E-state index contributed by atoms with van der Waals surface area (Å²) < 4.78 is 4.82. The van der Waals surface area contributed by atoms with Gasteiger partial charge in [0.05, 0.1) is 26.9 Å². The van der Waals surface area contributed by atoms with Crippen molar-refractivity contribution in [1.82, 2.24) is 18.9 Å². The second-order valence-electron chi connectivity index (χ2n) is 6.00. The van der Waals surface area contributed by atoms with Crippen LogP contribution in [0.25, 0.3) is 26.2 Å². The minimum absolute atomic E-state index is 0.0342. The van der Waals surface area contributed by atoms with Crippen molar-refractivity contribution in [2.75, 3.05) is 0 Å². The van der Waals surface area contributed by atoms with E-state index in [9.17, 15) is 4.79 Å². The van der Waals surface area contributed by atoms with Crippen LogP contribution in [0.3, 0.4) is 0 Å². The van der Waals surface area contributed by atoms with E-state index in [1.165, 1.54) is 0 Å². The molecule has 7 heteroatoms. The number of nitrogens with zero attached hydrogens (tertiary/aromatic N) is 4. The van der Waals surface area contributed by atoms with Gasteiger partial charge in [-0.1, -0.05) is 47.4 Å². The van der Waals surface area contributed by atoms with Crippen molar-refractivity contribution in [3.05, 3.63) is 70.6 Å². The molecule has 3 aromatic heterocycles. The van der Waals surface area contributed by atoms with Crippen LogP contribution in [0.1, 0.15) is 5.69 Å². The number of aromatic nitrogens is 4. The fourth-order valence-corrected chi connectivity index (χ4v) is 5.02. The molecular formula is C19H14N4OS2. The van der Waals surface area contributed by atoms with E-state index in [2.05, 4.69) is 15.6 Å². The molecule has 0 saturated carbocycles. The fourth-order valence-electron chi connectivity index (χ4n) is 3.09. The number of rotatable bonds is 3. The molecule has 0 N–H and O–H groups in total. The van der Waals surface area contributed by atoms with Crippen molar-refractivity contribution < 1.29 is 0 Å². The minimum atomic E-state index is -0.0342. The van der Waals surface area contributed by atoms with E-state index in [0.29, 0.717) is 5.75 Å². The second kappa shape index (κ2) is 5.96. The van der Waals surface area contributed by atoms with Crippen LogP contribution in [-0.2, 0) is 12.8 Å². The maximum Gasteiger partial charge on any atom is 0.259 e. The molecule has 128 valence electrons. The second-order valence-corrected chi connectivity index (χ2v) is 7.96. The van der Waals surface area contributed by atoms with Gasteiger partial charge in [0, 0.05) is 18.9 Å². The Bertz CT molecular complexity index is 1330. The number of fused-ring (bicyclic) bond motifs is 4. The fraction of sp³-hybridized carbons (Fsp3) is 0.105. The van der Waals surface area contributed by atoms with Crippen LogP contribution in [-0.4, -0.2) is 18.9 Å². The highest BCUT2D eigenvalue weighted by Gasteiger charge is 2.12. The summed E-state index contributed by atoms with van der Waals surface area (Å²) in [6, 6.07) is 17.6. The van der Waals surface area contributed by atoms with Gasteiger partial charge < -0.3 is 4.57 Å². The Labute approximate surface area is 156 Å². The number of thiazole rings is 1. The lowest BCUT2D eigenvalue weighted by molar-refractivity contribution is 0.814. The molecule has 5 rings (SSSR count). The molecule has 0 fully saturated rings. The van der Waals surface area contributed by atoms with E-state index >= 15 is 0 Å². The Morgan fingerprint density at radius 1 is 1.04 bits per heavy atom. The van der Waals surface area contributed by atoms with Gasteiger partial charge in [0.15, 0.2) is 10.1 Å². The molecule has 0 saturated heterocycles. The lowest BCUT2D eigenvalue weighted by Crippen LogP contribution is -2.13. The monoisotopic (exact) mass is 378 g/mol. The van der Waals surface area contributed by atoms with Crippen molar-refractivity contribution in [2.24, 2.45) is 7.05 Å². The quantitative estimate of drug-likeness (QED) is 0.444. The van der Waals surface area contributed by atoms with E-state index in [1.54, 1.807) is 33.6 Å². The number of hydrogen-bond acceptors (Lipinski definition) is 5. The molecule has 0 aliphatic carbocycles. The smallest absolute Gasteiger partial charge is 0.259 e. The number of imidazole rings is 1. The highest BCUT2D eigenvalue weighted by Crippen LogP contribution is 2.27. The predicted octanol–water partition coefficient (Wildman–Crippen LogP) is 4.09. The summed E-state index contributed by atoms with van der Waals surface area (Å²) in [7, 11) is 2.01. The average molecular weight is 378 g/mol. The van der Waals surface area contributed by atoms with Crippen molar-refractivity contribution >= 4 is 49.3 Å². The van der Waals surface area contributed by atoms with Crippen LogP contribution in [0.2, 0.25) is 0 Å². The molecule has 5 nitrogen and oxygen atoms in total. The van der Waals surface area contributed by atoms with Gasteiger partial charge in [-0.3, -0.25) is 9.20 Å². The lowest BCUT2D eigenvalue weighted by atomic mass is 10.3. The van der Waals surface area contributed by atoms with E-state index < -0.39 is 0 Å². The average Bonchev–Trinajstić information content (AvgIpc) is 3.18. The number of hydrogen-bond donors (Lipinski definition) is 0. The van der Waals surface area contributed by atoms with Crippen LogP contribution < -0.4 is 5.56 Å². The SMILES string of the molecule is Cn1c(SCc2cc(=O)n3c(n2)sc2ccccc23)nc2ccccc21. The van der Waals surface area contributed by atoms with Gasteiger partial charge in [-0.2, -0.15) is 0 Å². The minimum Gasteiger partial charge on any atom is -0.322 e. The highest BCUT2D eigenvalue weighted by atomic mass is 32.2. The van der Waals surface area contributed by atoms with Gasteiger partial charge in [-0.25, -0.2) is 9.97 Å². The number of aryl methyl sites for hydroxylation is 1. The summed E-state index contributed by atoms with van der Waals surface area (Å²) in [5.41, 5.74) is 3.74. The van der Waals surface area contributed by atoms with Crippen LogP contribution in [0, 0.1) is 0 Å². The third-order valence-corrected chi connectivity index (χ3v) is 6.43. The van der Waals surface area contributed by atoms with Crippen LogP contribution in [0.4, 0.5) is 0 Å². The van der Waals surface area contributed by atoms with Gasteiger partial charge in [0.25, 0.3) is 5.56 Å². The molecule has 2 aromatic carbocycles. The first-order valence-electron chi connectivity index (χ1n) is 8.15. The van der Waals surface area contributed by atoms with Crippen LogP contribution in [0.5, 0.6) is 0 Å². The Morgan fingerprint density at radius 3 is 2.65 bits per heavy atom. The topological polar surface area (TPSA) is 52.2 Å². The molecule has 0 aliphatic heterocycles. The first kappa shape index (κ1) is 15.6. The zero-order valence-corrected chi connectivity index (χ0v) is 15.5. The molecule has 0 bridgehead atoms. The van der Waals surface area contributed by atoms with E-state index in [1.807, 2.05) is 49.5 Å². The van der Waals surface area contributed by atoms with Gasteiger partial charge >= 0.3 is 0 Å². The van der Waals surface area contributed by atoms with Crippen molar-refractivity contribution in [2.45, 2.75) is 10.9 Å². The number of thioether (sulfide) groups is 1. The molecule has 0 amide bonds. The van der Waals surface area contributed by atoms with Crippen molar-refractivity contribution in [3.63, 3.8) is 0 Å². The summed E-state index contributed by atoms with van der Waals surface area (Å²) in [6.07, 6.45) is 0. The first-order chi connectivity index (χ1) is 12.7. The molecule has 0 aliphatic rings. The summed E-state index contributed by atoms with van der Waals surface area (Å²) in [4.78, 5) is 22.7. The summed E-state index contributed by atoms with van der Waals surface area (Å²) in [5.74, 6) is 0.608. The molecule has 0 spiro atoms. The molecule has 26 heavy (non-hydrogen) atoms. The maximum absolute atomic E-state index is 12.6. The van der Waals surface area contributed by atoms with Gasteiger partial charge in [-0.05, 0) is 24.3 Å². The Morgan fingerprint density at radius 2 is 1.81 bits per heavy atom. The third-order valence-electron chi connectivity index (χ3n) is 4.34. The van der Waals surface area contributed by atoms with Gasteiger partial charge in [0.1, 0.15) is 0 Å². The Balaban J connectivity index is 1.52. The Hall–Kier alpha value is -2.64. The first-order valence-corrected chi connectivity index (χ1v) is 9.95. The molecular weight excluding hydrogens is 364 g/mol. The highest BCUT2D eigenvalue weighted by molar-refractivity contribution is 7.98. The van der Waals surface area contributed by atoms with Gasteiger partial charge in [-0.15, -0.1) is 0 Å². The predicted molar refractivity (Wildman–Crippen MR) is 107 cm³/mol. The van der Waals surface area contributed by atoms with Crippen LogP contribution in [0.15, 0.2) is 64.5 Å². The molecule has 3 heterocycles. The summed E-state index contributed by atoms with van der Waals surface area (Å²) in [6.45, 7) is 0. The maximum atomic E-state index is 12.6. The number of para-hydroxylation sites is 3. The molecule has 0 atom stereocenters. The summed E-state index contributed by atoms with van der Waals surface area (Å²) in [5, 5.41) is 0.921. The zero-order valence-electron chi connectivity index (χ0n) is 13.9. The van der Waals surface area contributed by atoms with Crippen molar-refractivity contribution in [3.8, 4) is 0 Å². The lowest BCUT2D eigenvalue weighted by Gasteiger charge is -2.02. The normalized spacial score (nSPS) is 11.7. The molecule has 0 radical (unpaired) electrons. The van der Waals surface area contributed by atoms with E-state index in [0.717, 1.165) is 37.1 Å². The van der Waals surface area contributed by atoms with Gasteiger partial charge in [0.2, 0.25) is 0 Å². The zero-order chi connectivity index (χ0) is 17.7. The Kier molecular flexibility index (Phi) is 3.58. The number of benzene rings is 2. The largest absolute Gasteiger partial charge is 0.322 e. The molecule has 0 unspecified atom stereocenters. The van der Waals surface area contributed by atoms with E-state index in [-0.39, 0.29) is 5.56 Å². The standard InChI is InChI=1S/C19H14N4OS2/c1-22-14-7-3-2-6-13(14)21-18(22)25-11-12-10-17(24)23-15-8-4-5-9-16(15)26-19(23)20-12/h2-10H,11H2,1H3. The molecule has 5 aromatic rings. The van der Waals surface area contributed by atoms with E-state index in [4.69, 9.17) is 4.98 Å². The third kappa shape index (κ3) is 2.43. The van der Waals surface area contributed by atoms with Crippen LogP contribution >= 0.6 is 23.1 Å². The summed E-state index contributed by atoms with van der Waals surface area (Å²) >= 11 is 3.14.